The van der Waals surface area contributed by atoms with Crippen LogP contribution in [-0.4, -0.2) is 40.9 Å². The molecule has 0 aliphatic heterocycles. The van der Waals surface area contributed by atoms with E-state index in [0.717, 1.165) is 0 Å². The van der Waals surface area contributed by atoms with E-state index in [1.54, 1.807) is 74.4 Å². The number of nitrogens with zero attached hydrogens (tertiary/aromatic N) is 1. The van der Waals surface area contributed by atoms with Crippen LogP contribution in [0.1, 0.15) is 86.3 Å². The fraction of sp³-hybridized carbons (Fsp3) is 0.630. The molecule has 0 aliphatic rings. The van der Waals surface area contributed by atoms with Gasteiger partial charge in [-0.3, -0.25) is 4.79 Å². The first kappa shape index (κ1) is 30.9. The van der Waals surface area contributed by atoms with Gasteiger partial charge in [0.25, 0.3) is 0 Å². The number of amides is 1. The Morgan fingerprint density at radius 3 is 1.89 bits per heavy atom. The summed E-state index contributed by atoms with van der Waals surface area (Å²) < 4.78 is 30.5. The number of carbonyl (C=O) groups excluding carboxylic acids is 3. The minimum atomic E-state index is -1.08. The summed E-state index contributed by atoms with van der Waals surface area (Å²) in [6.07, 6.45) is -0.487. The Labute approximate surface area is 213 Å². The van der Waals surface area contributed by atoms with Crippen molar-refractivity contribution in [1.29, 1.82) is 5.26 Å². The number of hydrogen-bond acceptors (Lipinski definition) is 7. The van der Waals surface area contributed by atoms with E-state index < -0.39 is 52.6 Å². The van der Waals surface area contributed by atoms with E-state index in [-0.39, 0.29) is 24.8 Å². The summed E-state index contributed by atoms with van der Waals surface area (Å²) in [7, 11) is 0. The van der Waals surface area contributed by atoms with E-state index in [9.17, 15) is 18.8 Å². The zero-order chi connectivity index (χ0) is 27.9. The van der Waals surface area contributed by atoms with E-state index in [0.29, 0.717) is 5.56 Å². The van der Waals surface area contributed by atoms with Crippen LogP contribution in [0.3, 0.4) is 0 Å². The average Bonchev–Trinajstić information content (AvgIpc) is 2.66. The fourth-order valence-corrected chi connectivity index (χ4v) is 3.19. The van der Waals surface area contributed by atoms with Gasteiger partial charge in [-0.05, 0) is 99.3 Å². The molecule has 0 saturated carbocycles. The molecule has 1 aromatic carbocycles. The van der Waals surface area contributed by atoms with Crippen LogP contribution in [-0.2, 0) is 30.2 Å². The van der Waals surface area contributed by atoms with Crippen LogP contribution in [0.4, 0.5) is 9.18 Å². The van der Waals surface area contributed by atoms with E-state index in [1.165, 1.54) is 12.1 Å². The Hall–Kier alpha value is -3.15. The Morgan fingerprint density at radius 1 is 0.889 bits per heavy atom. The molecule has 8 nitrogen and oxygen atoms in total. The maximum Gasteiger partial charge on any atom is 0.408 e. The maximum atomic E-state index is 14.2. The van der Waals surface area contributed by atoms with Gasteiger partial charge in [0.2, 0.25) is 0 Å². The van der Waals surface area contributed by atoms with E-state index >= 15 is 0 Å². The minimum Gasteiger partial charge on any atom is -0.460 e. The molecule has 0 saturated heterocycles. The maximum absolute atomic E-state index is 14.2. The van der Waals surface area contributed by atoms with Gasteiger partial charge in [0.05, 0.1) is 11.5 Å². The second-order valence-electron chi connectivity index (χ2n) is 11.7. The van der Waals surface area contributed by atoms with Gasteiger partial charge < -0.3 is 19.5 Å². The third-order valence-electron chi connectivity index (χ3n) is 4.56. The van der Waals surface area contributed by atoms with Crippen LogP contribution in [0.25, 0.3) is 0 Å². The molecule has 1 rings (SSSR count). The highest BCUT2D eigenvalue weighted by Gasteiger charge is 2.32. The summed E-state index contributed by atoms with van der Waals surface area (Å²) in [4.78, 5) is 38.2. The number of benzene rings is 1. The Bertz CT molecular complexity index is 980. The number of nitrogens with one attached hydrogen (secondary N) is 1. The van der Waals surface area contributed by atoms with Crippen LogP contribution in [0.15, 0.2) is 18.2 Å². The zero-order valence-electron chi connectivity index (χ0n) is 22.8. The molecule has 1 aromatic rings. The molecule has 0 spiro atoms. The number of alkyl carbamates (subject to hydrolysis) is 1. The number of esters is 2. The molecule has 2 atom stereocenters. The predicted molar refractivity (Wildman–Crippen MR) is 132 cm³/mol. The SMILES string of the molecule is CC(C)(C)OC(=O)N[C@@H](CCC(Cc1ccc(C#N)c(F)c1)C(=O)OC(C)(C)C)C(=O)OC(C)(C)C. The van der Waals surface area contributed by atoms with Crippen molar-refractivity contribution < 1.29 is 33.0 Å². The Balaban J connectivity index is 3.16. The number of carbonyl (C=O) groups is 3. The molecule has 1 N–H and O–H groups in total. The monoisotopic (exact) mass is 506 g/mol. The lowest BCUT2D eigenvalue weighted by Crippen LogP contribution is -2.46. The highest BCUT2D eigenvalue weighted by atomic mass is 19.1. The average molecular weight is 507 g/mol. The quantitative estimate of drug-likeness (QED) is 0.380. The largest absolute Gasteiger partial charge is 0.460 e. The van der Waals surface area contributed by atoms with Crippen molar-refractivity contribution in [3.05, 3.63) is 35.1 Å². The fourth-order valence-electron chi connectivity index (χ4n) is 3.19. The van der Waals surface area contributed by atoms with Gasteiger partial charge >= 0.3 is 18.0 Å². The molecule has 0 aromatic heterocycles. The van der Waals surface area contributed by atoms with Gasteiger partial charge in [0, 0.05) is 0 Å². The number of nitriles is 1. The molecule has 0 aliphatic carbocycles. The predicted octanol–water partition coefficient (Wildman–Crippen LogP) is 5.21. The molecule has 0 radical (unpaired) electrons. The number of ether oxygens (including phenoxy) is 3. The van der Waals surface area contributed by atoms with Crippen molar-refractivity contribution in [1.82, 2.24) is 5.32 Å². The lowest BCUT2D eigenvalue weighted by atomic mass is 9.92. The lowest BCUT2D eigenvalue weighted by Gasteiger charge is -2.28. The topological polar surface area (TPSA) is 115 Å². The molecule has 1 unspecified atom stereocenters. The third kappa shape index (κ3) is 12.0. The molecule has 0 heterocycles. The normalized spacial score (nSPS) is 13.7. The molecule has 0 bridgehead atoms. The zero-order valence-corrected chi connectivity index (χ0v) is 22.8. The van der Waals surface area contributed by atoms with Crippen molar-refractivity contribution >= 4 is 18.0 Å². The first-order valence-corrected chi connectivity index (χ1v) is 11.9. The third-order valence-corrected chi connectivity index (χ3v) is 4.56. The van der Waals surface area contributed by atoms with Crippen LogP contribution >= 0.6 is 0 Å². The second kappa shape index (κ2) is 12.2. The number of rotatable bonds is 8. The Kier molecular flexibility index (Phi) is 10.5. The van der Waals surface area contributed by atoms with Gasteiger partial charge in [-0.15, -0.1) is 0 Å². The second-order valence-corrected chi connectivity index (χ2v) is 11.7. The summed E-state index contributed by atoms with van der Waals surface area (Å²) in [5.41, 5.74) is -1.93. The molecule has 36 heavy (non-hydrogen) atoms. The Morgan fingerprint density at radius 2 is 1.42 bits per heavy atom. The van der Waals surface area contributed by atoms with E-state index in [2.05, 4.69) is 5.32 Å². The van der Waals surface area contributed by atoms with Crippen LogP contribution in [0.5, 0.6) is 0 Å². The molecule has 200 valence electrons. The number of halogens is 1. The highest BCUT2D eigenvalue weighted by molar-refractivity contribution is 5.82. The van der Waals surface area contributed by atoms with E-state index in [1.807, 2.05) is 0 Å². The first-order valence-electron chi connectivity index (χ1n) is 11.9. The highest BCUT2D eigenvalue weighted by Crippen LogP contribution is 2.23. The first-order chi connectivity index (χ1) is 16.3. The van der Waals surface area contributed by atoms with Crippen molar-refractivity contribution in [2.45, 2.75) is 104 Å². The standard InChI is InChI=1S/C27H39FN2O6/c1-25(2,3)34-22(31)18(14-17-10-11-19(16-29)20(28)15-17)12-13-21(23(32)35-26(4,5)6)30-24(33)36-27(7,8)9/h10-11,15,18,21H,12-14H2,1-9H3,(H,30,33)/t18?,21-/m0/s1. The van der Waals surface area contributed by atoms with Gasteiger partial charge in [-0.1, -0.05) is 6.07 Å². The summed E-state index contributed by atoms with van der Waals surface area (Å²) in [5.74, 6) is -2.62. The van der Waals surface area contributed by atoms with Crippen molar-refractivity contribution in [2.75, 3.05) is 0 Å². The summed E-state index contributed by atoms with van der Waals surface area (Å²) in [6, 6.07) is 4.82. The van der Waals surface area contributed by atoms with Crippen LogP contribution in [0.2, 0.25) is 0 Å². The molecule has 9 heteroatoms. The van der Waals surface area contributed by atoms with Gasteiger partial charge in [0.1, 0.15) is 34.7 Å². The van der Waals surface area contributed by atoms with Gasteiger partial charge in [-0.25, -0.2) is 14.0 Å². The van der Waals surface area contributed by atoms with Crippen LogP contribution in [0, 0.1) is 23.1 Å². The number of hydrogen-bond donors (Lipinski definition) is 1. The molecule has 1 amide bonds. The summed E-state index contributed by atoms with van der Waals surface area (Å²) in [5, 5.41) is 11.5. The molecule has 0 fully saturated rings. The summed E-state index contributed by atoms with van der Waals surface area (Å²) in [6.45, 7) is 15.4. The lowest BCUT2D eigenvalue weighted by molar-refractivity contribution is -0.162. The van der Waals surface area contributed by atoms with Gasteiger partial charge in [0.15, 0.2) is 0 Å². The summed E-state index contributed by atoms with van der Waals surface area (Å²) >= 11 is 0. The van der Waals surface area contributed by atoms with Crippen molar-refractivity contribution in [3.63, 3.8) is 0 Å². The smallest absolute Gasteiger partial charge is 0.408 e. The minimum absolute atomic E-state index is 0.0524. The van der Waals surface area contributed by atoms with E-state index in [4.69, 9.17) is 19.5 Å². The van der Waals surface area contributed by atoms with Crippen molar-refractivity contribution in [3.8, 4) is 6.07 Å². The molecular formula is C27H39FN2O6. The van der Waals surface area contributed by atoms with Crippen molar-refractivity contribution in [2.24, 2.45) is 5.92 Å². The van der Waals surface area contributed by atoms with Gasteiger partial charge in [-0.2, -0.15) is 5.26 Å². The molecular weight excluding hydrogens is 467 g/mol. The van der Waals surface area contributed by atoms with Crippen LogP contribution < -0.4 is 5.32 Å².